The van der Waals surface area contributed by atoms with E-state index in [9.17, 15) is 13.6 Å². The second kappa shape index (κ2) is 10.8. The summed E-state index contributed by atoms with van der Waals surface area (Å²) >= 11 is 0. The van der Waals surface area contributed by atoms with Crippen molar-refractivity contribution in [2.45, 2.75) is 32.1 Å². The van der Waals surface area contributed by atoms with E-state index in [1.807, 2.05) is 16.8 Å². The molecule has 7 nitrogen and oxygen atoms in total. The summed E-state index contributed by atoms with van der Waals surface area (Å²) in [5, 5.41) is 4.50. The van der Waals surface area contributed by atoms with E-state index >= 15 is 0 Å². The topological polar surface area (TPSA) is 53.3 Å². The second-order valence-electron chi connectivity index (χ2n) is 9.55. The van der Waals surface area contributed by atoms with Crippen LogP contribution in [-0.4, -0.2) is 84.4 Å². The molecule has 2 aliphatic rings. The molecule has 1 aromatic carbocycles. The Labute approximate surface area is 210 Å². The van der Waals surface area contributed by atoms with Crippen molar-refractivity contribution in [1.29, 1.82) is 0 Å². The lowest BCUT2D eigenvalue weighted by atomic mass is 9.88. The maximum atomic E-state index is 12.3. The number of carbonyl (C=O) groups is 1. The average molecular weight is 498 g/mol. The molecular formula is C27H33F2N5O2. The highest BCUT2D eigenvalue weighted by molar-refractivity contribution is 5.80. The van der Waals surface area contributed by atoms with Gasteiger partial charge in [0.05, 0.1) is 11.2 Å². The zero-order chi connectivity index (χ0) is 25.1. The number of nitrogens with zero attached hydrogens (tertiary/aromatic N) is 5. The van der Waals surface area contributed by atoms with Crippen molar-refractivity contribution in [3.05, 3.63) is 54.4 Å². The first-order chi connectivity index (χ1) is 17.5. The van der Waals surface area contributed by atoms with Gasteiger partial charge in [0, 0.05) is 44.1 Å². The number of aromatic nitrogens is 2. The molecule has 4 heterocycles. The maximum Gasteiger partial charge on any atom is 0.410 e. The number of rotatable bonds is 6. The van der Waals surface area contributed by atoms with Crippen LogP contribution in [0.5, 0.6) is 0 Å². The normalized spacial score (nSPS) is 17.8. The summed E-state index contributed by atoms with van der Waals surface area (Å²) in [4.78, 5) is 18.2. The molecule has 0 saturated carbocycles. The SMILES string of the molecule is CCN1CCC(c2ccc(-c3cc4c(N5CCN(C(=O)OCC(F)F)CC5)ccnn4c3)cc2)CC1. The van der Waals surface area contributed by atoms with Crippen LogP contribution in [0.4, 0.5) is 19.3 Å². The van der Waals surface area contributed by atoms with Crippen LogP contribution in [0.3, 0.4) is 0 Å². The van der Waals surface area contributed by atoms with Crippen LogP contribution in [0.1, 0.15) is 31.2 Å². The summed E-state index contributed by atoms with van der Waals surface area (Å²) in [6.07, 6.45) is 2.92. The highest BCUT2D eigenvalue weighted by Crippen LogP contribution is 2.32. The van der Waals surface area contributed by atoms with Crippen LogP contribution in [-0.2, 0) is 4.74 Å². The smallest absolute Gasteiger partial charge is 0.410 e. The molecule has 0 unspecified atom stereocenters. The van der Waals surface area contributed by atoms with Gasteiger partial charge in [-0.25, -0.2) is 18.1 Å². The van der Waals surface area contributed by atoms with Crippen LogP contribution in [0, 0.1) is 0 Å². The van der Waals surface area contributed by atoms with Gasteiger partial charge in [0.15, 0.2) is 6.61 Å². The molecule has 9 heteroatoms. The number of alkyl halides is 2. The summed E-state index contributed by atoms with van der Waals surface area (Å²) < 4.78 is 31.2. The molecule has 2 fully saturated rings. The van der Waals surface area contributed by atoms with Crippen LogP contribution >= 0.6 is 0 Å². The second-order valence-corrected chi connectivity index (χ2v) is 9.55. The van der Waals surface area contributed by atoms with Crippen LogP contribution < -0.4 is 4.90 Å². The number of ether oxygens (including phenoxy) is 1. The average Bonchev–Trinajstić information content (AvgIpc) is 3.37. The van der Waals surface area contributed by atoms with Crippen molar-refractivity contribution in [3.8, 4) is 11.1 Å². The van der Waals surface area contributed by atoms with Crippen molar-refractivity contribution in [3.63, 3.8) is 0 Å². The molecule has 3 aromatic rings. The lowest BCUT2D eigenvalue weighted by Crippen LogP contribution is -2.49. The Morgan fingerprint density at radius 2 is 1.75 bits per heavy atom. The third-order valence-corrected chi connectivity index (χ3v) is 7.45. The first-order valence-electron chi connectivity index (χ1n) is 12.8. The van der Waals surface area contributed by atoms with Gasteiger partial charge < -0.3 is 19.4 Å². The van der Waals surface area contributed by atoms with Gasteiger partial charge in [0.1, 0.15) is 0 Å². The minimum atomic E-state index is -2.65. The number of piperazine rings is 1. The summed E-state index contributed by atoms with van der Waals surface area (Å²) in [5.74, 6) is 0.634. The summed E-state index contributed by atoms with van der Waals surface area (Å²) in [5.41, 5.74) is 5.72. The van der Waals surface area contributed by atoms with Crippen LogP contribution in [0.25, 0.3) is 16.6 Å². The first-order valence-corrected chi connectivity index (χ1v) is 12.8. The number of carbonyl (C=O) groups excluding carboxylic acids is 1. The molecule has 0 aliphatic carbocycles. The van der Waals surface area contributed by atoms with Crippen molar-refractivity contribution < 1.29 is 18.3 Å². The number of benzene rings is 1. The number of hydrogen-bond acceptors (Lipinski definition) is 5. The van der Waals surface area contributed by atoms with Crippen LogP contribution in [0.15, 0.2) is 48.8 Å². The van der Waals surface area contributed by atoms with Gasteiger partial charge in [-0.15, -0.1) is 0 Å². The van der Waals surface area contributed by atoms with Gasteiger partial charge >= 0.3 is 6.09 Å². The maximum absolute atomic E-state index is 12.3. The molecule has 2 aliphatic heterocycles. The first kappa shape index (κ1) is 24.5. The number of hydrogen-bond donors (Lipinski definition) is 0. The van der Waals surface area contributed by atoms with Gasteiger partial charge in [-0.05, 0) is 61.7 Å². The molecule has 36 heavy (non-hydrogen) atoms. The predicted octanol–water partition coefficient (Wildman–Crippen LogP) is 4.72. The Morgan fingerprint density at radius 3 is 2.42 bits per heavy atom. The molecule has 0 bridgehead atoms. The zero-order valence-corrected chi connectivity index (χ0v) is 20.7. The number of amides is 1. The monoisotopic (exact) mass is 497 g/mol. The van der Waals surface area contributed by atoms with E-state index in [0.29, 0.717) is 32.1 Å². The molecule has 2 aromatic heterocycles. The molecule has 0 radical (unpaired) electrons. The quantitative estimate of drug-likeness (QED) is 0.493. The summed E-state index contributed by atoms with van der Waals surface area (Å²) in [6.45, 7) is 6.87. The molecule has 0 N–H and O–H groups in total. The number of likely N-dealkylation sites (tertiary alicyclic amines) is 1. The van der Waals surface area contributed by atoms with Crippen LogP contribution in [0.2, 0.25) is 0 Å². The molecule has 2 saturated heterocycles. The van der Waals surface area contributed by atoms with Gasteiger partial charge in [0.25, 0.3) is 6.43 Å². The molecule has 0 atom stereocenters. The van der Waals surface area contributed by atoms with E-state index in [4.69, 9.17) is 0 Å². The Kier molecular flexibility index (Phi) is 7.36. The third-order valence-electron chi connectivity index (χ3n) is 7.45. The Bertz CT molecular complexity index is 1170. The predicted molar refractivity (Wildman–Crippen MR) is 136 cm³/mol. The van der Waals surface area contributed by atoms with E-state index in [0.717, 1.165) is 28.9 Å². The lowest BCUT2D eigenvalue weighted by Gasteiger charge is -2.35. The van der Waals surface area contributed by atoms with E-state index in [2.05, 4.69) is 56.9 Å². The van der Waals surface area contributed by atoms with E-state index in [1.165, 1.54) is 36.4 Å². The Balaban J connectivity index is 1.27. The van der Waals surface area contributed by atoms with Crippen molar-refractivity contribution >= 4 is 17.3 Å². The van der Waals surface area contributed by atoms with Gasteiger partial charge in [0.2, 0.25) is 0 Å². The number of anilines is 1. The van der Waals surface area contributed by atoms with Gasteiger partial charge in [-0.1, -0.05) is 31.2 Å². The van der Waals surface area contributed by atoms with E-state index < -0.39 is 19.1 Å². The molecule has 192 valence electrons. The summed E-state index contributed by atoms with van der Waals surface area (Å²) in [6, 6.07) is 13.1. The standard InChI is InChI=1S/C27H33F2N5O2/c1-2-31-11-8-22(9-12-31)20-3-5-21(6-4-20)23-17-25-24(7-10-30-34(25)18-23)32-13-15-33(16-14-32)27(35)36-19-26(28)29/h3-7,10,17-18,22,26H,2,8-9,11-16,19H2,1H3. The number of piperidine rings is 1. The molecule has 5 rings (SSSR count). The largest absolute Gasteiger partial charge is 0.443 e. The van der Waals surface area contributed by atoms with Crippen molar-refractivity contribution in [2.24, 2.45) is 0 Å². The highest BCUT2D eigenvalue weighted by atomic mass is 19.3. The number of fused-ring (bicyclic) bond motifs is 1. The summed E-state index contributed by atoms with van der Waals surface area (Å²) in [7, 11) is 0. The van der Waals surface area contributed by atoms with E-state index in [1.54, 1.807) is 6.20 Å². The zero-order valence-electron chi connectivity index (χ0n) is 20.7. The van der Waals surface area contributed by atoms with Crippen molar-refractivity contribution in [1.82, 2.24) is 19.4 Å². The number of halogens is 2. The van der Waals surface area contributed by atoms with Crippen molar-refractivity contribution in [2.75, 3.05) is 57.3 Å². The molecule has 1 amide bonds. The fourth-order valence-corrected chi connectivity index (χ4v) is 5.31. The van der Waals surface area contributed by atoms with Gasteiger partial charge in [-0.3, -0.25) is 0 Å². The fourth-order valence-electron chi connectivity index (χ4n) is 5.31. The molecule has 0 spiro atoms. The Morgan fingerprint density at radius 1 is 1.03 bits per heavy atom. The minimum absolute atomic E-state index is 0.419. The Hall–Kier alpha value is -3.20. The fraction of sp³-hybridized carbons (Fsp3) is 0.481. The molecular weight excluding hydrogens is 464 g/mol. The van der Waals surface area contributed by atoms with Gasteiger partial charge in [-0.2, -0.15) is 5.10 Å². The third kappa shape index (κ3) is 5.31. The highest BCUT2D eigenvalue weighted by Gasteiger charge is 2.25. The lowest BCUT2D eigenvalue weighted by molar-refractivity contribution is 0.0311. The minimum Gasteiger partial charge on any atom is -0.443 e. The van der Waals surface area contributed by atoms with E-state index in [-0.39, 0.29) is 0 Å².